The summed E-state index contributed by atoms with van der Waals surface area (Å²) in [6.07, 6.45) is 0.809. The van der Waals surface area contributed by atoms with Gasteiger partial charge in [-0.3, -0.25) is 0 Å². The number of piperazine rings is 1. The number of nitrogens with zero attached hydrogens (tertiary/aromatic N) is 3. The number of hydrogen-bond donors (Lipinski definition) is 1. The first-order valence-corrected chi connectivity index (χ1v) is 7.36. The average Bonchev–Trinajstić information content (AvgIpc) is 2.55. The molecule has 0 bridgehead atoms. The highest BCUT2D eigenvalue weighted by molar-refractivity contribution is 5.59. The summed E-state index contributed by atoms with van der Waals surface area (Å²) >= 11 is 0. The molecule has 1 aromatic carbocycles. The third-order valence-electron chi connectivity index (χ3n) is 3.68. The second kappa shape index (κ2) is 6.18. The Morgan fingerprint density at radius 2 is 1.95 bits per heavy atom. The van der Waals surface area contributed by atoms with Crippen molar-refractivity contribution in [2.75, 3.05) is 31.1 Å². The van der Waals surface area contributed by atoms with E-state index < -0.39 is 0 Å². The molecule has 0 spiro atoms. The molecule has 3 rings (SSSR count). The molecule has 0 saturated carbocycles. The number of nitrogens with one attached hydrogen (secondary N) is 1. The van der Waals surface area contributed by atoms with Gasteiger partial charge in [-0.05, 0) is 18.6 Å². The summed E-state index contributed by atoms with van der Waals surface area (Å²) < 4.78 is 14.0. The molecule has 1 aliphatic heterocycles. The third kappa shape index (κ3) is 3.03. The molecule has 0 radical (unpaired) electrons. The van der Waals surface area contributed by atoms with Crippen molar-refractivity contribution < 1.29 is 4.39 Å². The quantitative estimate of drug-likeness (QED) is 0.939. The molecule has 0 aliphatic carbocycles. The Morgan fingerprint density at radius 1 is 1.19 bits per heavy atom. The second-order valence-corrected chi connectivity index (χ2v) is 5.11. The minimum Gasteiger partial charge on any atom is -0.354 e. The van der Waals surface area contributed by atoms with Crippen LogP contribution in [0.4, 0.5) is 10.2 Å². The summed E-state index contributed by atoms with van der Waals surface area (Å²) in [6, 6.07) is 8.67. The molecule has 0 amide bonds. The van der Waals surface area contributed by atoms with Gasteiger partial charge in [0.25, 0.3) is 0 Å². The van der Waals surface area contributed by atoms with Crippen LogP contribution in [0.2, 0.25) is 0 Å². The van der Waals surface area contributed by atoms with Crippen molar-refractivity contribution in [2.24, 2.45) is 0 Å². The first kappa shape index (κ1) is 13.9. The largest absolute Gasteiger partial charge is 0.354 e. The van der Waals surface area contributed by atoms with Crippen LogP contribution in [0.3, 0.4) is 0 Å². The molecule has 1 aliphatic rings. The Bertz CT molecular complexity index is 623. The maximum atomic E-state index is 14.0. The Labute approximate surface area is 124 Å². The topological polar surface area (TPSA) is 41.0 Å². The lowest BCUT2D eigenvalue weighted by atomic mass is 10.2. The molecule has 2 heterocycles. The van der Waals surface area contributed by atoms with Crippen LogP contribution in [0.25, 0.3) is 11.4 Å². The van der Waals surface area contributed by atoms with Gasteiger partial charge in [-0.2, -0.15) is 0 Å². The highest BCUT2D eigenvalue weighted by Crippen LogP contribution is 2.23. The van der Waals surface area contributed by atoms with E-state index >= 15 is 0 Å². The minimum atomic E-state index is -0.281. The van der Waals surface area contributed by atoms with E-state index in [0.717, 1.165) is 44.1 Å². The predicted octanol–water partition coefficient (Wildman–Crippen LogP) is 2.25. The van der Waals surface area contributed by atoms with Crippen molar-refractivity contribution in [3.8, 4) is 11.4 Å². The van der Waals surface area contributed by atoms with E-state index in [0.29, 0.717) is 11.4 Å². The summed E-state index contributed by atoms with van der Waals surface area (Å²) in [4.78, 5) is 11.3. The van der Waals surface area contributed by atoms with Crippen molar-refractivity contribution in [3.05, 3.63) is 41.8 Å². The lowest BCUT2D eigenvalue weighted by molar-refractivity contribution is 0.584. The molecular weight excluding hydrogens is 267 g/mol. The second-order valence-electron chi connectivity index (χ2n) is 5.11. The summed E-state index contributed by atoms with van der Waals surface area (Å²) in [7, 11) is 0. The Kier molecular flexibility index (Phi) is 4.10. The molecule has 110 valence electrons. The van der Waals surface area contributed by atoms with Gasteiger partial charge in [0, 0.05) is 37.9 Å². The van der Waals surface area contributed by atoms with Crippen molar-refractivity contribution >= 4 is 5.82 Å². The Morgan fingerprint density at radius 3 is 2.67 bits per heavy atom. The van der Waals surface area contributed by atoms with Crippen molar-refractivity contribution in [1.29, 1.82) is 0 Å². The van der Waals surface area contributed by atoms with Crippen molar-refractivity contribution in [3.63, 3.8) is 0 Å². The van der Waals surface area contributed by atoms with Gasteiger partial charge in [0.05, 0.1) is 5.56 Å². The molecule has 0 unspecified atom stereocenters. The Balaban J connectivity index is 2.02. The van der Waals surface area contributed by atoms with Crippen LogP contribution in [-0.4, -0.2) is 36.1 Å². The molecule has 1 aromatic heterocycles. The number of aryl methyl sites for hydroxylation is 1. The predicted molar refractivity (Wildman–Crippen MR) is 81.9 cm³/mol. The van der Waals surface area contributed by atoms with E-state index in [1.165, 1.54) is 6.07 Å². The number of hydrogen-bond acceptors (Lipinski definition) is 4. The van der Waals surface area contributed by atoms with E-state index in [-0.39, 0.29) is 5.82 Å². The summed E-state index contributed by atoms with van der Waals surface area (Å²) in [5, 5.41) is 3.32. The van der Waals surface area contributed by atoms with E-state index in [2.05, 4.69) is 27.1 Å². The van der Waals surface area contributed by atoms with Gasteiger partial charge in [0.15, 0.2) is 5.82 Å². The first-order chi connectivity index (χ1) is 10.3. The molecule has 0 atom stereocenters. The average molecular weight is 286 g/mol. The highest BCUT2D eigenvalue weighted by atomic mass is 19.1. The zero-order valence-electron chi connectivity index (χ0n) is 12.1. The molecule has 1 N–H and O–H groups in total. The molecule has 2 aromatic rings. The molecule has 1 saturated heterocycles. The smallest absolute Gasteiger partial charge is 0.164 e. The van der Waals surface area contributed by atoms with Gasteiger partial charge in [0.1, 0.15) is 11.6 Å². The maximum Gasteiger partial charge on any atom is 0.164 e. The zero-order valence-corrected chi connectivity index (χ0v) is 12.1. The fourth-order valence-electron chi connectivity index (χ4n) is 2.48. The Hall–Kier alpha value is -2.01. The molecular formula is C16H19FN4. The van der Waals surface area contributed by atoms with Gasteiger partial charge >= 0.3 is 0 Å². The van der Waals surface area contributed by atoms with Crippen LogP contribution in [-0.2, 0) is 6.42 Å². The van der Waals surface area contributed by atoms with Crippen LogP contribution >= 0.6 is 0 Å². The minimum absolute atomic E-state index is 0.281. The number of aromatic nitrogens is 2. The normalized spacial score (nSPS) is 15.2. The lowest BCUT2D eigenvalue weighted by Gasteiger charge is -2.28. The maximum absolute atomic E-state index is 14.0. The van der Waals surface area contributed by atoms with Gasteiger partial charge in [-0.1, -0.05) is 19.1 Å². The third-order valence-corrected chi connectivity index (χ3v) is 3.68. The first-order valence-electron chi connectivity index (χ1n) is 7.36. The van der Waals surface area contributed by atoms with Gasteiger partial charge in [-0.15, -0.1) is 0 Å². The van der Waals surface area contributed by atoms with Crippen LogP contribution < -0.4 is 10.2 Å². The molecule has 1 fully saturated rings. The van der Waals surface area contributed by atoms with Gasteiger partial charge in [-0.25, -0.2) is 14.4 Å². The number of anilines is 1. The zero-order chi connectivity index (χ0) is 14.7. The highest BCUT2D eigenvalue weighted by Gasteiger charge is 2.16. The van der Waals surface area contributed by atoms with E-state index in [9.17, 15) is 4.39 Å². The van der Waals surface area contributed by atoms with Crippen molar-refractivity contribution in [2.45, 2.75) is 13.3 Å². The van der Waals surface area contributed by atoms with E-state index in [4.69, 9.17) is 0 Å². The summed E-state index contributed by atoms with van der Waals surface area (Å²) in [5.41, 5.74) is 1.40. The van der Waals surface area contributed by atoms with E-state index in [1.807, 2.05) is 12.1 Å². The van der Waals surface area contributed by atoms with Crippen LogP contribution in [0.5, 0.6) is 0 Å². The number of benzene rings is 1. The number of rotatable bonds is 3. The van der Waals surface area contributed by atoms with E-state index in [1.54, 1.807) is 12.1 Å². The van der Waals surface area contributed by atoms with Crippen molar-refractivity contribution in [1.82, 2.24) is 15.3 Å². The summed E-state index contributed by atoms with van der Waals surface area (Å²) in [5.74, 6) is 1.08. The van der Waals surface area contributed by atoms with Crippen LogP contribution in [0.15, 0.2) is 30.3 Å². The fourth-order valence-corrected chi connectivity index (χ4v) is 2.48. The van der Waals surface area contributed by atoms with Gasteiger partial charge < -0.3 is 10.2 Å². The van der Waals surface area contributed by atoms with Crippen LogP contribution in [0.1, 0.15) is 12.6 Å². The molecule has 5 heteroatoms. The molecule has 21 heavy (non-hydrogen) atoms. The fraction of sp³-hybridized carbons (Fsp3) is 0.375. The van der Waals surface area contributed by atoms with Gasteiger partial charge in [0.2, 0.25) is 0 Å². The monoisotopic (exact) mass is 286 g/mol. The SMILES string of the molecule is CCc1cc(N2CCNCC2)nc(-c2ccccc2F)n1. The number of halogens is 1. The standard InChI is InChI=1S/C16H19FN4/c1-2-12-11-15(21-9-7-18-8-10-21)20-16(19-12)13-5-3-4-6-14(13)17/h3-6,11,18H,2,7-10H2,1H3. The van der Waals surface area contributed by atoms with Crippen LogP contribution in [0, 0.1) is 5.82 Å². The lowest BCUT2D eigenvalue weighted by Crippen LogP contribution is -2.44. The summed E-state index contributed by atoms with van der Waals surface area (Å²) in [6.45, 7) is 5.77. The molecule has 4 nitrogen and oxygen atoms in total.